The van der Waals surface area contributed by atoms with Gasteiger partial charge in [0.15, 0.2) is 23.1 Å². The summed E-state index contributed by atoms with van der Waals surface area (Å²) in [5, 5.41) is 0. The molecule has 0 aromatic heterocycles. The van der Waals surface area contributed by atoms with Gasteiger partial charge in [0, 0.05) is 12.6 Å². The third-order valence-corrected chi connectivity index (χ3v) is 6.03. The van der Waals surface area contributed by atoms with Gasteiger partial charge in [0.1, 0.15) is 0 Å². The third kappa shape index (κ3) is 3.56. The van der Waals surface area contributed by atoms with Crippen LogP contribution in [0.1, 0.15) is 18.9 Å². The quantitative estimate of drug-likeness (QED) is 0.810. The molecule has 1 aliphatic rings. The molecule has 25 heavy (non-hydrogen) atoms. The van der Waals surface area contributed by atoms with E-state index in [-0.39, 0.29) is 11.5 Å². The van der Waals surface area contributed by atoms with Crippen molar-refractivity contribution >= 4 is 15.7 Å². The molecule has 0 spiro atoms. The number of halogens is 1. The minimum Gasteiger partial charge on any atom is -0.493 e. The molecule has 1 fully saturated rings. The maximum Gasteiger partial charge on any atom is 0.235 e. The van der Waals surface area contributed by atoms with Crippen molar-refractivity contribution in [3.05, 3.63) is 47.8 Å². The number of ether oxygens (including phenoxy) is 2. The topological polar surface area (TPSA) is 55.8 Å². The van der Waals surface area contributed by atoms with E-state index in [1.165, 1.54) is 23.5 Å². The van der Waals surface area contributed by atoms with E-state index in [1.54, 1.807) is 12.1 Å². The highest BCUT2D eigenvalue weighted by Gasteiger charge is 2.29. The zero-order chi connectivity index (χ0) is 18.0. The van der Waals surface area contributed by atoms with E-state index in [1.807, 2.05) is 19.1 Å². The number of aryl methyl sites for hydroxylation is 1. The van der Waals surface area contributed by atoms with Crippen molar-refractivity contribution in [2.45, 2.75) is 19.8 Å². The second-order valence-corrected chi connectivity index (χ2v) is 7.81. The second-order valence-electron chi connectivity index (χ2n) is 5.80. The Morgan fingerprint density at radius 2 is 1.88 bits per heavy atom. The molecule has 0 unspecified atom stereocenters. The van der Waals surface area contributed by atoms with Gasteiger partial charge in [0.05, 0.1) is 18.6 Å². The predicted molar refractivity (Wildman–Crippen MR) is 94.6 cm³/mol. The van der Waals surface area contributed by atoms with Crippen molar-refractivity contribution in [1.29, 1.82) is 0 Å². The molecule has 3 rings (SSSR count). The van der Waals surface area contributed by atoms with Crippen LogP contribution < -0.4 is 13.8 Å². The molecule has 134 valence electrons. The Balaban J connectivity index is 1.87. The molecule has 0 bridgehead atoms. The number of hydrogen-bond donors (Lipinski definition) is 0. The van der Waals surface area contributed by atoms with Gasteiger partial charge < -0.3 is 9.47 Å². The molecule has 0 radical (unpaired) electrons. The lowest BCUT2D eigenvalue weighted by Gasteiger charge is -2.18. The predicted octanol–water partition coefficient (Wildman–Crippen LogP) is 3.73. The first-order valence-corrected chi connectivity index (χ1v) is 9.70. The summed E-state index contributed by atoms with van der Waals surface area (Å²) in [6, 6.07) is 9.64. The minimum absolute atomic E-state index is 0.0166. The smallest absolute Gasteiger partial charge is 0.235 e. The average Bonchev–Trinajstić information content (AvgIpc) is 2.96. The first-order chi connectivity index (χ1) is 11.9. The first kappa shape index (κ1) is 17.5. The van der Waals surface area contributed by atoms with Crippen LogP contribution in [0.2, 0.25) is 0 Å². The van der Waals surface area contributed by atoms with Crippen LogP contribution in [0.4, 0.5) is 10.1 Å². The maximum absolute atomic E-state index is 14.4. The van der Waals surface area contributed by atoms with Gasteiger partial charge in [-0.05, 0) is 42.7 Å². The van der Waals surface area contributed by atoms with Crippen LogP contribution in [0.3, 0.4) is 0 Å². The first-order valence-electron chi connectivity index (χ1n) is 8.09. The zero-order valence-corrected chi connectivity index (χ0v) is 15.0. The van der Waals surface area contributed by atoms with E-state index in [2.05, 4.69) is 0 Å². The summed E-state index contributed by atoms with van der Waals surface area (Å²) < 4.78 is 50.5. The van der Waals surface area contributed by atoms with E-state index >= 15 is 0 Å². The molecule has 1 heterocycles. The van der Waals surface area contributed by atoms with Gasteiger partial charge in [-0.1, -0.05) is 13.0 Å². The molecule has 0 amide bonds. The van der Waals surface area contributed by atoms with Crippen molar-refractivity contribution in [3.63, 3.8) is 0 Å². The van der Waals surface area contributed by atoms with Crippen LogP contribution >= 0.6 is 0 Å². The normalized spacial score (nSPS) is 16.0. The van der Waals surface area contributed by atoms with Crippen LogP contribution in [0.25, 0.3) is 0 Å². The standard InChI is InChI=1S/C18H20FNO4S/c1-3-13-5-7-17(18(11-13)23-2)24-16-8-6-14(12-15(16)19)20-9-4-10-25(20,21)22/h5-8,11-12H,3-4,9-10H2,1-2H3. The fraction of sp³-hybridized carbons (Fsp3) is 0.333. The van der Waals surface area contributed by atoms with Crippen molar-refractivity contribution in [2.24, 2.45) is 0 Å². The fourth-order valence-corrected chi connectivity index (χ4v) is 4.35. The van der Waals surface area contributed by atoms with Crippen LogP contribution in [0.15, 0.2) is 36.4 Å². The molecular formula is C18H20FNO4S. The van der Waals surface area contributed by atoms with E-state index in [0.29, 0.717) is 30.2 Å². The largest absolute Gasteiger partial charge is 0.493 e. The monoisotopic (exact) mass is 365 g/mol. The fourth-order valence-electron chi connectivity index (χ4n) is 2.79. The van der Waals surface area contributed by atoms with Gasteiger partial charge in [-0.3, -0.25) is 4.31 Å². The Morgan fingerprint density at radius 1 is 1.12 bits per heavy atom. The number of rotatable bonds is 5. The van der Waals surface area contributed by atoms with Crippen LogP contribution in [-0.2, 0) is 16.4 Å². The number of nitrogens with zero attached hydrogens (tertiary/aromatic N) is 1. The van der Waals surface area contributed by atoms with Gasteiger partial charge >= 0.3 is 0 Å². The second kappa shape index (κ2) is 6.92. The lowest BCUT2D eigenvalue weighted by atomic mass is 10.1. The highest BCUT2D eigenvalue weighted by Crippen LogP contribution is 2.35. The number of benzene rings is 2. The van der Waals surface area contributed by atoms with Crippen LogP contribution in [-0.4, -0.2) is 27.8 Å². The molecule has 1 saturated heterocycles. The molecular weight excluding hydrogens is 345 g/mol. The number of hydrogen-bond acceptors (Lipinski definition) is 4. The lowest BCUT2D eigenvalue weighted by Crippen LogP contribution is -2.25. The molecule has 1 aliphatic heterocycles. The SMILES string of the molecule is CCc1ccc(Oc2ccc(N3CCCS3(=O)=O)cc2F)c(OC)c1. The lowest BCUT2D eigenvalue weighted by molar-refractivity contribution is 0.370. The zero-order valence-electron chi connectivity index (χ0n) is 14.2. The summed E-state index contributed by atoms with van der Waals surface area (Å²) in [6.45, 7) is 2.40. The van der Waals surface area contributed by atoms with E-state index in [4.69, 9.17) is 9.47 Å². The van der Waals surface area contributed by atoms with Gasteiger partial charge in [-0.2, -0.15) is 0 Å². The summed E-state index contributed by atoms with van der Waals surface area (Å²) in [4.78, 5) is 0. The molecule has 2 aromatic rings. The Bertz CT molecular complexity index is 883. The molecule has 0 saturated carbocycles. The number of sulfonamides is 1. The molecule has 5 nitrogen and oxygen atoms in total. The Labute approximate surface area is 147 Å². The third-order valence-electron chi connectivity index (χ3n) is 4.16. The Morgan fingerprint density at radius 3 is 2.48 bits per heavy atom. The van der Waals surface area contributed by atoms with Crippen LogP contribution in [0, 0.1) is 5.82 Å². The highest BCUT2D eigenvalue weighted by molar-refractivity contribution is 7.93. The summed E-state index contributed by atoms with van der Waals surface area (Å²) in [5.41, 5.74) is 1.40. The summed E-state index contributed by atoms with van der Waals surface area (Å²) in [6.07, 6.45) is 1.40. The summed E-state index contributed by atoms with van der Waals surface area (Å²) in [5.74, 6) is 0.405. The Hall–Kier alpha value is -2.28. The van der Waals surface area contributed by atoms with E-state index < -0.39 is 15.8 Å². The van der Waals surface area contributed by atoms with E-state index in [9.17, 15) is 12.8 Å². The van der Waals surface area contributed by atoms with E-state index in [0.717, 1.165) is 12.0 Å². The number of methoxy groups -OCH3 is 1. The molecule has 0 N–H and O–H groups in total. The molecule has 2 aromatic carbocycles. The molecule has 0 atom stereocenters. The number of anilines is 1. The van der Waals surface area contributed by atoms with Crippen molar-refractivity contribution in [2.75, 3.05) is 23.7 Å². The van der Waals surface area contributed by atoms with Crippen molar-refractivity contribution < 1.29 is 22.3 Å². The van der Waals surface area contributed by atoms with Crippen molar-refractivity contribution in [1.82, 2.24) is 0 Å². The summed E-state index contributed by atoms with van der Waals surface area (Å²) >= 11 is 0. The van der Waals surface area contributed by atoms with Crippen molar-refractivity contribution in [3.8, 4) is 17.2 Å². The van der Waals surface area contributed by atoms with Gasteiger partial charge in [-0.15, -0.1) is 0 Å². The summed E-state index contributed by atoms with van der Waals surface area (Å²) in [7, 11) is -1.81. The Kier molecular flexibility index (Phi) is 4.85. The maximum atomic E-state index is 14.4. The minimum atomic E-state index is -3.34. The molecule has 0 aliphatic carbocycles. The highest BCUT2D eigenvalue weighted by atomic mass is 32.2. The van der Waals surface area contributed by atoms with Gasteiger partial charge in [-0.25, -0.2) is 12.8 Å². The van der Waals surface area contributed by atoms with Gasteiger partial charge in [0.25, 0.3) is 0 Å². The van der Waals surface area contributed by atoms with Gasteiger partial charge in [0.2, 0.25) is 10.0 Å². The van der Waals surface area contributed by atoms with Crippen LogP contribution in [0.5, 0.6) is 17.2 Å². The molecule has 7 heteroatoms. The average molecular weight is 365 g/mol.